The summed E-state index contributed by atoms with van der Waals surface area (Å²) in [7, 11) is 0. The Morgan fingerprint density at radius 2 is 2.00 bits per heavy atom. The molecule has 0 saturated heterocycles. The first-order valence-corrected chi connectivity index (χ1v) is 7.92. The van der Waals surface area contributed by atoms with E-state index in [1.165, 1.54) is 12.7 Å². The SMILES string of the molecule is CC[C@]1(CC(C)(C)C)O[C@@H](n2cnc3c(N)ncnc32)C(O)=C1O. The van der Waals surface area contributed by atoms with Crippen LogP contribution in [0.3, 0.4) is 0 Å². The van der Waals surface area contributed by atoms with Crippen molar-refractivity contribution in [1.29, 1.82) is 0 Å². The van der Waals surface area contributed by atoms with Gasteiger partial charge in [-0.15, -0.1) is 0 Å². The van der Waals surface area contributed by atoms with Crippen LogP contribution in [-0.4, -0.2) is 35.3 Å². The Kier molecular flexibility index (Phi) is 3.67. The molecule has 8 nitrogen and oxygen atoms in total. The molecule has 0 fully saturated rings. The third-order valence-corrected chi connectivity index (χ3v) is 4.27. The van der Waals surface area contributed by atoms with Crippen LogP contribution in [-0.2, 0) is 4.74 Å². The number of hydrogen-bond donors (Lipinski definition) is 3. The van der Waals surface area contributed by atoms with Crippen LogP contribution < -0.4 is 5.73 Å². The lowest BCUT2D eigenvalue weighted by Crippen LogP contribution is -2.36. The highest BCUT2D eigenvalue weighted by Gasteiger charge is 2.49. The number of imidazole rings is 1. The molecule has 0 saturated carbocycles. The largest absolute Gasteiger partial charge is 0.506 e. The minimum atomic E-state index is -0.942. The number of aromatic nitrogens is 4. The summed E-state index contributed by atoms with van der Waals surface area (Å²) < 4.78 is 7.69. The zero-order valence-corrected chi connectivity index (χ0v) is 14.3. The second-order valence-electron chi connectivity index (χ2n) is 7.37. The van der Waals surface area contributed by atoms with Gasteiger partial charge in [-0.1, -0.05) is 27.7 Å². The van der Waals surface area contributed by atoms with Gasteiger partial charge in [0.05, 0.1) is 6.33 Å². The van der Waals surface area contributed by atoms with Crippen LogP contribution in [0.2, 0.25) is 0 Å². The summed E-state index contributed by atoms with van der Waals surface area (Å²) in [6, 6.07) is 0. The molecule has 1 aliphatic rings. The molecule has 8 heteroatoms. The molecule has 2 aromatic heterocycles. The minimum absolute atomic E-state index is 0.0945. The van der Waals surface area contributed by atoms with E-state index in [0.29, 0.717) is 24.0 Å². The van der Waals surface area contributed by atoms with Crippen molar-refractivity contribution < 1.29 is 14.9 Å². The van der Waals surface area contributed by atoms with Gasteiger partial charge >= 0.3 is 0 Å². The lowest BCUT2D eigenvalue weighted by Gasteiger charge is -2.34. The van der Waals surface area contributed by atoms with Crippen LogP contribution in [0.4, 0.5) is 5.82 Å². The van der Waals surface area contributed by atoms with Crippen molar-refractivity contribution in [3.8, 4) is 0 Å². The van der Waals surface area contributed by atoms with Gasteiger partial charge in [0.15, 0.2) is 29.2 Å². The maximum Gasteiger partial charge on any atom is 0.199 e. The molecule has 3 rings (SSSR count). The van der Waals surface area contributed by atoms with Crippen LogP contribution >= 0.6 is 0 Å². The van der Waals surface area contributed by atoms with Crippen molar-refractivity contribution in [2.75, 3.05) is 5.73 Å². The van der Waals surface area contributed by atoms with E-state index in [0.717, 1.165) is 0 Å². The second-order valence-corrected chi connectivity index (χ2v) is 7.37. The Bertz CT molecular complexity index is 808. The zero-order chi connectivity index (χ0) is 17.7. The van der Waals surface area contributed by atoms with Gasteiger partial charge in [0.25, 0.3) is 0 Å². The number of aliphatic hydroxyl groups is 2. The first kappa shape index (κ1) is 16.5. The number of nitrogens with two attached hydrogens (primary N) is 1. The molecule has 2 atom stereocenters. The fourth-order valence-corrected chi connectivity index (χ4v) is 3.26. The molecule has 0 aliphatic carbocycles. The predicted octanol–water partition coefficient (Wildman–Crippen LogP) is 2.85. The Labute approximate surface area is 140 Å². The maximum atomic E-state index is 10.6. The number of hydrogen-bond acceptors (Lipinski definition) is 7. The average Bonchev–Trinajstić information content (AvgIpc) is 3.02. The monoisotopic (exact) mass is 333 g/mol. The topological polar surface area (TPSA) is 119 Å². The van der Waals surface area contributed by atoms with Crippen molar-refractivity contribution in [2.45, 2.75) is 52.4 Å². The molecule has 1 aliphatic heterocycles. The summed E-state index contributed by atoms with van der Waals surface area (Å²) in [5.74, 6) is -0.104. The predicted molar refractivity (Wildman–Crippen MR) is 89.2 cm³/mol. The first-order valence-electron chi connectivity index (χ1n) is 7.92. The summed E-state index contributed by atoms with van der Waals surface area (Å²) in [5, 5.41) is 21.1. The summed E-state index contributed by atoms with van der Waals surface area (Å²) in [4.78, 5) is 12.3. The van der Waals surface area contributed by atoms with E-state index in [-0.39, 0.29) is 22.8 Å². The summed E-state index contributed by atoms with van der Waals surface area (Å²) in [6.45, 7) is 8.10. The fourth-order valence-electron chi connectivity index (χ4n) is 3.26. The van der Waals surface area contributed by atoms with Gasteiger partial charge in [0.1, 0.15) is 17.4 Å². The Balaban J connectivity index is 2.06. The van der Waals surface area contributed by atoms with E-state index < -0.39 is 11.8 Å². The molecular formula is C16H23N5O3. The van der Waals surface area contributed by atoms with Crippen molar-refractivity contribution in [3.63, 3.8) is 0 Å². The van der Waals surface area contributed by atoms with Crippen molar-refractivity contribution in [2.24, 2.45) is 5.41 Å². The molecule has 0 radical (unpaired) electrons. The number of ether oxygens (including phenoxy) is 1. The highest BCUT2D eigenvalue weighted by Crippen LogP contribution is 2.47. The standard InChI is InChI=1S/C16H23N5O3/c1-5-16(6-15(2,3)4)11(23)10(22)14(24-16)21-8-20-9-12(17)18-7-19-13(9)21/h7-8,14,22-23H,5-6H2,1-4H3,(H2,17,18,19)/t14-,16-/m1/s1. The van der Waals surface area contributed by atoms with Gasteiger partial charge in [-0.05, 0) is 18.3 Å². The molecule has 0 unspecified atom stereocenters. The van der Waals surface area contributed by atoms with E-state index in [1.54, 1.807) is 4.57 Å². The number of fused-ring (bicyclic) bond motifs is 1. The number of nitrogens with zero attached hydrogens (tertiary/aromatic N) is 4. The highest BCUT2D eigenvalue weighted by atomic mass is 16.6. The van der Waals surface area contributed by atoms with E-state index in [9.17, 15) is 10.2 Å². The Hall–Kier alpha value is -2.35. The smallest absolute Gasteiger partial charge is 0.199 e. The van der Waals surface area contributed by atoms with Gasteiger partial charge < -0.3 is 20.7 Å². The van der Waals surface area contributed by atoms with E-state index in [1.807, 2.05) is 6.92 Å². The number of rotatable bonds is 3. The van der Waals surface area contributed by atoms with E-state index in [4.69, 9.17) is 10.5 Å². The lowest BCUT2D eigenvalue weighted by molar-refractivity contribution is -0.101. The maximum absolute atomic E-state index is 10.6. The fraction of sp³-hybridized carbons (Fsp3) is 0.562. The average molecular weight is 333 g/mol. The number of nitrogen functional groups attached to an aromatic ring is 1. The molecule has 3 heterocycles. The molecule has 0 bridgehead atoms. The third-order valence-electron chi connectivity index (χ3n) is 4.27. The van der Waals surface area contributed by atoms with Gasteiger partial charge in [-0.25, -0.2) is 15.0 Å². The minimum Gasteiger partial charge on any atom is -0.506 e. The molecular weight excluding hydrogens is 310 g/mol. The first-order chi connectivity index (χ1) is 11.2. The van der Waals surface area contributed by atoms with Crippen LogP contribution in [0.25, 0.3) is 11.2 Å². The summed E-state index contributed by atoms with van der Waals surface area (Å²) in [6.07, 6.45) is 3.00. The van der Waals surface area contributed by atoms with E-state index >= 15 is 0 Å². The van der Waals surface area contributed by atoms with Gasteiger partial charge in [0.2, 0.25) is 0 Å². The molecule has 0 spiro atoms. The van der Waals surface area contributed by atoms with Crippen LogP contribution in [0.1, 0.15) is 46.8 Å². The summed E-state index contributed by atoms with van der Waals surface area (Å²) in [5.41, 5.74) is 5.63. The molecule has 24 heavy (non-hydrogen) atoms. The zero-order valence-electron chi connectivity index (χ0n) is 14.3. The molecule has 0 aromatic carbocycles. The van der Waals surface area contributed by atoms with Gasteiger partial charge in [-0.2, -0.15) is 0 Å². The lowest BCUT2D eigenvalue weighted by atomic mass is 9.79. The van der Waals surface area contributed by atoms with Crippen molar-refractivity contribution in [1.82, 2.24) is 19.5 Å². The van der Waals surface area contributed by atoms with Crippen LogP contribution in [0, 0.1) is 5.41 Å². The molecule has 0 amide bonds. The van der Waals surface area contributed by atoms with Crippen LogP contribution in [0.5, 0.6) is 0 Å². The quantitative estimate of drug-likeness (QED) is 0.790. The Morgan fingerprint density at radius 3 is 2.62 bits per heavy atom. The van der Waals surface area contributed by atoms with Gasteiger partial charge in [-0.3, -0.25) is 4.57 Å². The van der Waals surface area contributed by atoms with Gasteiger partial charge in [0, 0.05) is 0 Å². The summed E-state index contributed by atoms with van der Waals surface area (Å²) >= 11 is 0. The molecule has 2 aromatic rings. The molecule has 4 N–H and O–H groups in total. The number of aliphatic hydroxyl groups excluding tert-OH is 2. The third kappa shape index (κ3) is 2.47. The normalized spacial score (nSPS) is 24.9. The van der Waals surface area contributed by atoms with Crippen molar-refractivity contribution >= 4 is 17.0 Å². The molecule has 130 valence electrons. The van der Waals surface area contributed by atoms with Crippen molar-refractivity contribution in [3.05, 3.63) is 24.2 Å². The van der Waals surface area contributed by atoms with E-state index in [2.05, 4.69) is 35.7 Å². The number of anilines is 1. The van der Waals surface area contributed by atoms with Crippen LogP contribution in [0.15, 0.2) is 24.2 Å². The Morgan fingerprint density at radius 1 is 1.29 bits per heavy atom. The second kappa shape index (κ2) is 5.34. The highest BCUT2D eigenvalue weighted by molar-refractivity contribution is 5.81.